The third kappa shape index (κ3) is 3.43. The van der Waals surface area contributed by atoms with Crippen LogP contribution in [0.1, 0.15) is 32.2 Å². The van der Waals surface area contributed by atoms with Gasteiger partial charge in [0.25, 0.3) is 5.91 Å². The molecular weight excluding hydrogens is 342 g/mol. The summed E-state index contributed by atoms with van der Waals surface area (Å²) in [5, 5.41) is 21.2. The molecule has 1 aromatic heterocycles. The summed E-state index contributed by atoms with van der Waals surface area (Å²) in [5.41, 5.74) is 0.186. The summed E-state index contributed by atoms with van der Waals surface area (Å²) >= 11 is 3.18. The second kappa shape index (κ2) is 6.01. The maximum absolute atomic E-state index is 11.9. The maximum atomic E-state index is 11.9. The number of phenolic OH excluding ortho intramolecular Hbond substituents is 1. The fourth-order valence-electron chi connectivity index (χ4n) is 1.80. The topological polar surface area (TPSA) is 99.8 Å². The largest absolute Gasteiger partial charge is 0.507 e. The van der Waals surface area contributed by atoms with Crippen LogP contribution < -0.4 is 5.32 Å². The highest BCUT2D eigenvalue weighted by atomic mass is 79.9. The van der Waals surface area contributed by atoms with Crippen molar-refractivity contribution in [1.29, 1.82) is 0 Å². The van der Waals surface area contributed by atoms with Gasteiger partial charge in [0.1, 0.15) is 22.8 Å². The number of nitrogens with one attached hydrogen (secondary N) is 1. The summed E-state index contributed by atoms with van der Waals surface area (Å²) in [6.45, 7) is 1.57. The number of carbonyl (C=O) groups excluding carboxylic acids is 1. The molecule has 6 nitrogen and oxygen atoms in total. The van der Waals surface area contributed by atoms with Crippen LogP contribution in [0.25, 0.3) is 0 Å². The van der Waals surface area contributed by atoms with Gasteiger partial charge in [-0.3, -0.25) is 4.79 Å². The Morgan fingerprint density at radius 1 is 1.29 bits per heavy atom. The van der Waals surface area contributed by atoms with Crippen LogP contribution in [-0.4, -0.2) is 22.1 Å². The number of furan rings is 1. The van der Waals surface area contributed by atoms with Crippen molar-refractivity contribution in [2.45, 2.75) is 13.5 Å². The average molecular weight is 354 g/mol. The zero-order valence-electron chi connectivity index (χ0n) is 11.0. The number of rotatable bonds is 4. The van der Waals surface area contributed by atoms with Gasteiger partial charge in [0.05, 0.1) is 12.1 Å². The van der Waals surface area contributed by atoms with Gasteiger partial charge in [0.2, 0.25) is 0 Å². The SMILES string of the molecule is Cc1oc(CNC(=O)c2ccc(Br)cc2O)cc1C(=O)O. The van der Waals surface area contributed by atoms with Crippen molar-refractivity contribution < 1.29 is 24.2 Å². The summed E-state index contributed by atoms with van der Waals surface area (Å²) < 4.78 is 5.90. The molecule has 0 aliphatic heterocycles. The van der Waals surface area contributed by atoms with Gasteiger partial charge in [0.15, 0.2) is 0 Å². The van der Waals surface area contributed by atoms with E-state index in [-0.39, 0.29) is 29.2 Å². The van der Waals surface area contributed by atoms with Crippen molar-refractivity contribution >= 4 is 27.8 Å². The van der Waals surface area contributed by atoms with Gasteiger partial charge in [-0.05, 0) is 31.2 Å². The molecule has 1 aromatic carbocycles. The predicted octanol–water partition coefficient (Wildman–Crippen LogP) is 2.68. The Bertz CT molecular complexity index is 707. The van der Waals surface area contributed by atoms with E-state index in [0.29, 0.717) is 10.2 Å². The number of carboxylic acids is 1. The molecule has 0 atom stereocenters. The molecule has 0 bridgehead atoms. The van der Waals surface area contributed by atoms with Crippen LogP contribution in [-0.2, 0) is 6.54 Å². The van der Waals surface area contributed by atoms with Gasteiger partial charge in [-0.15, -0.1) is 0 Å². The van der Waals surface area contributed by atoms with E-state index in [1.807, 2.05) is 0 Å². The standard InChI is InChI=1S/C14H12BrNO5/c1-7-11(14(19)20)5-9(21-7)6-16-13(18)10-3-2-8(15)4-12(10)17/h2-5,17H,6H2,1H3,(H,16,18)(H,19,20). The average Bonchev–Trinajstić information content (AvgIpc) is 2.77. The smallest absolute Gasteiger partial charge is 0.339 e. The van der Waals surface area contributed by atoms with E-state index in [2.05, 4.69) is 21.2 Å². The molecule has 2 rings (SSSR count). The summed E-state index contributed by atoms with van der Waals surface area (Å²) in [7, 11) is 0. The molecule has 21 heavy (non-hydrogen) atoms. The lowest BCUT2D eigenvalue weighted by Gasteiger charge is -2.05. The Hall–Kier alpha value is -2.28. The third-order valence-electron chi connectivity index (χ3n) is 2.83. The van der Waals surface area contributed by atoms with Crippen molar-refractivity contribution in [1.82, 2.24) is 5.32 Å². The molecule has 0 aliphatic rings. The highest BCUT2D eigenvalue weighted by Crippen LogP contribution is 2.22. The monoisotopic (exact) mass is 353 g/mol. The molecule has 1 heterocycles. The van der Waals surface area contributed by atoms with Gasteiger partial charge >= 0.3 is 5.97 Å². The van der Waals surface area contributed by atoms with Crippen LogP contribution >= 0.6 is 15.9 Å². The summed E-state index contributed by atoms with van der Waals surface area (Å²) in [6.07, 6.45) is 0. The molecular formula is C14H12BrNO5. The number of aromatic carboxylic acids is 1. The number of carbonyl (C=O) groups is 2. The van der Waals surface area contributed by atoms with Gasteiger partial charge in [-0.25, -0.2) is 4.79 Å². The molecule has 110 valence electrons. The van der Waals surface area contributed by atoms with E-state index >= 15 is 0 Å². The van der Waals surface area contributed by atoms with Crippen LogP contribution in [0.2, 0.25) is 0 Å². The molecule has 3 N–H and O–H groups in total. The summed E-state index contributed by atoms with van der Waals surface area (Å²) in [5.74, 6) is -1.11. The fourth-order valence-corrected chi connectivity index (χ4v) is 2.15. The van der Waals surface area contributed by atoms with Crippen LogP contribution in [0.5, 0.6) is 5.75 Å². The molecule has 7 heteroatoms. The Labute approximate surface area is 128 Å². The minimum absolute atomic E-state index is 0.0302. The maximum Gasteiger partial charge on any atom is 0.339 e. The molecule has 0 saturated heterocycles. The van der Waals surface area contributed by atoms with Crippen LogP contribution in [0.15, 0.2) is 33.2 Å². The number of carboxylic acid groups (broad SMARTS) is 1. The van der Waals surface area contributed by atoms with E-state index in [1.54, 1.807) is 6.07 Å². The third-order valence-corrected chi connectivity index (χ3v) is 3.32. The van der Waals surface area contributed by atoms with Crippen LogP contribution in [0.3, 0.4) is 0 Å². The number of phenols is 1. The van der Waals surface area contributed by atoms with Gasteiger partial charge in [-0.1, -0.05) is 15.9 Å². The van der Waals surface area contributed by atoms with E-state index in [9.17, 15) is 14.7 Å². The van der Waals surface area contributed by atoms with Crippen molar-refractivity contribution in [2.24, 2.45) is 0 Å². The number of halogens is 1. The molecule has 0 unspecified atom stereocenters. The Kier molecular flexibility index (Phi) is 4.32. The molecule has 1 amide bonds. The number of benzene rings is 1. The van der Waals surface area contributed by atoms with Gasteiger partial charge in [-0.2, -0.15) is 0 Å². The first-order valence-corrected chi connectivity index (χ1v) is 6.77. The van der Waals surface area contributed by atoms with Gasteiger partial charge < -0.3 is 19.9 Å². The van der Waals surface area contributed by atoms with E-state index < -0.39 is 11.9 Å². The quantitative estimate of drug-likeness (QED) is 0.784. The normalized spacial score (nSPS) is 10.4. The second-order valence-electron chi connectivity index (χ2n) is 4.33. The number of amides is 1. The lowest BCUT2D eigenvalue weighted by molar-refractivity contribution is 0.0694. The molecule has 2 aromatic rings. The van der Waals surface area contributed by atoms with Crippen molar-refractivity contribution in [3.63, 3.8) is 0 Å². The highest BCUT2D eigenvalue weighted by Gasteiger charge is 2.15. The first kappa shape index (κ1) is 15.1. The number of hydrogen-bond donors (Lipinski definition) is 3. The van der Waals surface area contributed by atoms with Crippen molar-refractivity contribution in [3.8, 4) is 5.75 Å². The first-order chi connectivity index (χ1) is 9.88. The highest BCUT2D eigenvalue weighted by molar-refractivity contribution is 9.10. The molecule has 0 aliphatic carbocycles. The zero-order chi connectivity index (χ0) is 15.6. The molecule has 0 spiro atoms. The van der Waals surface area contributed by atoms with Crippen LogP contribution in [0, 0.1) is 6.92 Å². The summed E-state index contributed by atoms with van der Waals surface area (Å²) in [6, 6.07) is 5.88. The van der Waals surface area contributed by atoms with E-state index in [0.717, 1.165) is 0 Å². The van der Waals surface area contributed by atoms with E-state index in [1.165, 1.54) is 25.1 Å². The minimum Gasteiger partial charge on any atom is -0.507 e. The number of aryl methyl sites for hydroxylation is 1. The molecule has 0 saturated carbocycles. The molecule has 0 radical (unpaired) electrons. The number of hydrogen-bond acceptors (Lipinski definition) is 4. The lowest BCUT2D eigenvalue weighted by Crippen LogP contribution is -2.22. The first-order valence-electron chi connectivity index (χ1n) is 5.98. The Morgan fingerprint density at radius 2 is 2.00 bits per heavy atom. The van der Waals surface area contributed by atoms with Crippen LogP contribution in [0.4, 0.5) is 0 Å². The van der Waals surface area contributed by atoms with Gasteiger partial charge in [0, 0.05) is 4.47 Å². The second-order valence-corrected chi connectivity index (χ2v) is 5.25. The number of aromatic hydroxyl groups is 1. The van der Waals surface area contributed by atoms with E-state index in [4.69, 9.17) is 9.52 Å². The van der Waals surface area contributed by atoms with Crippen molar-refractivity contribution in [2.75, 3.05) is 0 Å². The predicted molar refractivity (Wildman–Crippen MR) is 77.4 cm³/mol. The Balaban J connectivity index is 2.07. The fraction of sp³-hybridized carbons (Fsp3) is 0.143. The Morgan fingerprint density at radius 3 is 2.57 bits per heavy atom. The minimum atomic E-state index is -1.08. The molecule has 0 fully saturated rings. The lowest BCUT2D eigenvalue weighted by atomic mass is 10.2. The zero-order valence-corrected chi connectivity index (χ0v) is 12.6. The summed E-state index contributed by atoms with van der Waals surface area (Å²) in [4.78, 5) is 22.8. The van der Waals surface area contributed by atoms with Crippen molar-refractivity contribution in [3.05, 3.63) is 51.4 Å².